The first-order chi connectivity index (χ1) is 17.3. The van der Waals surface area contributed by atoms with E-state index in [2.05, 4.69) is 33.6 Å². The number of phenols is 1. The molecule has 0 fully saturated rings. The van der Waals surface area contributed by atoms with Crippen molar-refractivity contribution in [3.05, 3.63) is 29.8 Å². The van der Waals surface area contributed by atoms with E-state index < -0.39 is 54.0 Å². The van der Waals surface area contributed by atoms with E-state index in [4.69, 9.17) is 17.2 Å². The smallest absolute Gasteiger partial charge is 0.326 e. The maximum atomic E-state index is 13.1. The zero-order valence-corrected chi connectivity index (χ0v) is 21.2. The minimum absolute atomic E-state index is 0.00278. The van der Waals surface area contributed by atoms with Gasteiger partial charge in [-0.3, -0.25) is 19.4 Å². The second-order valence-electron chi connectivity index (χ2n) is 8.30. The lowest BCUT2D eigenvalue weighted by atomic mass is 10.0. The quantitative estimate of drug-likeness (QED) is 0.0471. The molecule has 37 heavy (non-hydrogen) atoms. The topological polar surface area (TPSA) is 255 Å². The minimum atomic E-state index is -1.54. The fourth-order valence-corrected chi connectivity index (χ4v) is 3.29. The number of aliphatic carboxylic acids is 1. The highest BCUT2D eigenvalue weighted by Crippen LogP contribution is 2.12. The van der Waals surface area contributed by atoms with Crippen LogP contribution in [-0.4, -0.2) is 87.5 Å². The maximum Gasteiger partial charge on any atom is 0.326 e. The molecule has 0 radical (unpaired) electrons. The lowest BCUT2D eigenvalue weighted by molar-refractivity contribution is -0.143. The fourth-order valence-electron chi connectivity index (χ4n) is 3.12. The van der Waals surface area contributed by atoms with Gasteiger partial charge in [0.2, 0.25) is 17.7 Å². The van der Waals surface area contributed by atoms with Gasteiger partial charge in [0.1, 0.15) is 23.9 Å². The number of nitrogens with zero attached hydrogens (tertiary/aromatic N) is 1. The first kappa shape index (κ1) is 31.5. The molecule has 0 saturated carbocycles. The molecule has 14 nitrogen and oxygen atoms in total. The number of carboxylic acids is 1. The van der Waals surface area contributed by atoms with Crippen molar-refractivity contribution >= 4 is 42.3 Å². The van der Waals surface area contributed by atoms with Crippen molar-refractivity contribution in [1.82, 2.24) is 16.0 Å². The van der Waals surface area contributed by atoms with Crippen LogP contribution in [0.15, 0.2) is 29.3 Å². The molecule has 12 N–H and O–H groups in total. The molecule has 206 valence electrons. The number of aliphatic hydroxyl groups is 1. The van der Waals surface area contributed by atoms with Crippen molar-refractivity contribution in [3.8, 4) is 5.75 Å². The van der Waals surface area contributed by atoms with Crippen LogP contribution in [0.3, 0.4) is 0 Å². The molecule has 0 aliphatic rings. The highest BCUT2D eigenvalue weighted by Gasteiger charge is 2.32. The molecular formula is C22H35N7O7S. The SMILES string of the molecule is CC(O)C(NC(=O)C(Cc1ccc(O)cc1)NC(=O)C(N)CS)C(=O)NC(CCCN=C(N)N)C(=O)O. The van der Waals surface area contributed by atoms with Crippen LogP contribution in [-0.2, 0) is 25.6 Å². The van der Waals surface area contributed by atoms with Crippen LogP contribution in [0.1, 0.15) is 25.3 Å². The number of carboxylic acid groups (broad SMARTS) is 1. The Bertz CT molecular complexity index is 955. The van der Waals surface area contributed by atoms with Crippen molar-refractivity contribution in [2.24, 2.45) is 22.2 Å². The summed E-state index contributed by atoms with van der Waals surface area (Å²) in [6, 6.07) is 0.785. The van der Waals surface area contributed by atoms with Gasteiger partial charge < -0.3 is 48.5 Å². The largest absolute Gasteiger partial charge is 0.508 e. The fraction of sp³-hybridized carbons (Fsp3) is 0.500. The van der Waals surface area contributed by atoms with Crippen molar-refractivity contribution in [1.29, 1.82) is 0 Å². The first-order valence-corrected chi connectivity index (χ1v) is 12.0. The molecule has 5 unspecified atom stereocenters. The number of rotatable bonds is 15. The van der Waals surface area contributed by atoms with Crippen molar-refractivity contribution < 1.29 is 34.5 Å². The third kappa shape index (κ3) is 11.4. The van der Waals surface area contributed by atoms with Gasteiger partial charge in [0.05, 0.1) is 12.1 Å². The van der Waals surface area contributed by atoms with Crippen molar-refractivity contribution in [2.75, 3.05) is 12.3 Å². The van der Waals surface area contributed by atoms with E-state index in [1.807, 2.05) is 0 Å². The molecule has 0 saturated heterocycles. The third-order valence-electron chi connectivity index (χ3n) is 5.17. The van der Waals surface area contributed by atoms with Gasteiger partial charge in [0.15, 0.2) is 5.96 Å². The molecule has 0 heterocycles. The summed E-state index contributed by atoms with van der Waals surface area (Å²) in [4.78, 5) is 53.6. The van der Waals surface area contributed by atoms with Gasteiger partial charge in [0, 0.05) is 18.7 Å². The van der Waals surface area contributed by atoms with Crippen LogP contribution >= 0.6 is 12.6 Å². The summed E-state index contributed by atoms with van der Waals surface area (Å²) in [5.41, 5.74) is 16.7. The van der Waals surface area contributed by atoms with E-state index in [-0.39, 0.29) is 43.3 Å². The second kappa shape index (κ2) is 15.5. The Hall–Kier alpha value is -3.56. The number of thiol groups is 1. The van der Waals surface area contributed by atoms with Gasteiger partial charge in [-0.15, -0.1) is 0 Å². The normalized spacial score (nSPS) is 14.8. The Morgan fingerprint density at radius 2 is 1.59 bits per heavy atom. The van der Waals surface area contributed by atoms with E-state index in [1.165, 1.54) is 19.1 Å². The number of nitrogens with one attached hydrogen (secondary N) is 3. The highest BCUT2D eigenvalue weighted by molar-refractivity contribution is 7.80. The number of hydrogen-bond donors (Lipinski definition) is 10. The van der Waals surface area contributed by atoms with Gasteiger partial charge in [-0.05, 0) is 37.5 Å². The number of carbonyl (C=O) groups excluding carboxylic acids is 3. The molecule has 0 aromatic heterocycles. The number of aliphatic hydroxyl groups excluding tert-OH is 1. The van der Waals surface area contributed by atoms with E-state index in [9.17, 15) is 34.5 Å². The Morgan fingerprint density at radius 3 is 2.11 bits per heavy atom. The molecule has 1 rings (SSSR count). The summed E-state index contributed by atoms with van der Waals surface area (Å²) >= 11 is 3.97. The summed E-state index contributed by atoms with van der Waals surface area (Å²) in [5.74, 6) is -3.91. The molecule has 0 bridgehead atoms. The highest BCUT2D eigenvalue weighted by atomic mass is 32.1. The molecule has 5 atom stereocenters. The number of carbonyl (C=O) groups is 4. The average Bonchev–Trinajstić information content (AvgIpc) is 2.83. The number of hydrogen-bond acceptors (Lipinski definition) is 9. The molecule has 0 aliphatic heterocycles. The van der Waals surface area contributed by atoms with Gasteiger partial charge in [0.25, 0.3) is 0 Å². The lowest BCUT2D eigenvalue weighted by Gasteiger charge is -2.26. The summed E-state index contributed by atoms with van der Waals surface area (Å²) < 4.78 is 0. The van der Waals surface area contributed by atoms with E-state index in [1.54, 1.807) is 12.1 Å². The van der Waals surface area contributed by atoms with Crippen LogP contribution in [0.25, 0.3) is 0 Å². The molecular weight excluding hydrogens is 506 g/mol. The van der Waals surface area contributed by atoms with Gasteiger partial charge in [-0.2, -0.15) is 12.6 Å². The standard InChI is InChI=1S/C22H35N7O7S/c1-11(30)17(20(34)27-15(21(35)36)3-2-8-26-22(24)25)29-19(33)16(28-18(32)14(23)10-37)9-12-4-6-13(31)7-5-12/h4-7,11,14-17,30-31,37H,2-3,8-10,23H2,1H3,(H,27,34)(H,28,32)(H,29,33)(H,35,36)(H4,24,25,26). The molecule has 3 amide bonds. The number of nitrogens with two attached hydrogens (primary N) is 3. The number of guanidine groups is 1. The summed E-state index contributed by atoms with van der Waals surface area (Å²) in [6.45, 7) is 1.38. The number of aromatic hydroxyl groups is 1. The summed E-state index contributed by atoms with van der Waals surface area (Å²) in [7, 11) is 0. The van der Waals surface area contributed by atoms with Crippen LogP contribution in [0.2, 0.25) is 0 Å². The molecule has 0 aliphatic carbocycles. The maximum absolute atomic E-state index is 13.1. The minimum Gasteiger partial charge on any atom is -0.508 e. The van der Waals surface area contributed by atoms with E-state index in [0.717, 1.165) is 0 Å². The van der Waals surface area contributed by atoms with Crippen LogP contribution in [0, 0.1) is 0 Å². The Balaban J connectivity index is 3.01. The predicted octanol–water partition coefficient (Wildman–Crippen LogP) is -2.83. The summed E-state index contributed by atoms with van der Waals surface area (Å²) in [5, 5.41) is 36.2. The summed E-state index contributed by atoms with van der Waals surface area (Å²) in [6.07, 6.45) is -1.22. The third-order valence-corrected chi connectivity index (χ3v) is 5.56. The van der Waals surface area contributed by atoms with Gasteiger partial charge >= 0.3 is 5.97 Å². The lowest BCUT2D eigenvalue weighted by Crippen LogP contribution is -2.60. The van der Waals surface area contributed by atoms with E-state index >= 15 is 0 Å². The predicted molar refractivity (Wildman–Crippen MR) is 139 cm³/mol. The Kier molecular flexibility index (Phi) is 13.2. The number of benzene rings is 1. The molecule has 1 aromatic rings. The zero-order chi connectivity index (χ0) is 28.1. The zero-order valence-electron chi connectivity index (χ0n) is 20.3. The average molecular weight is 542 g/mol. The van der Waals surface area contributed by atoms with Crippen molar-refractivity contribution in [2.45, 2.75) is 56.5 Å². The molecule has 1 aromatic carbocycles. The monoisotopic (exact) mass is 541 g/mol. The van der Waals surface area contributed by atoms with Gasteiger partial charge in [-0.1, -0.05) is 12.1 Å². The first-order valence-electron chi connectivity index (χ1n) is 11.4. The van der Waals surface area contributed by atoms with Gasteiger partial charge in [-0.25, -0.2) is 4.79 Å². The number of amides is 3. The second-order valence-corrected chi connectivity index (χ2v) is 8.66. The number of aliphatic imine (C=N–C) groups is 1. The molecule has 15 heteroatoms. The number of phenolic OH excluding ortho intramolecular Hbond substituents is 1. The molecule has 0 spiro atoms. The Labute approximate surface area is 219 Å². The Morgan fingerprint density at radius 1 is 1.00 bits per heavy atom. The van der Waals surface area contributed by atoms with Crippen LogP contribution < -0.4 is 33.2 Å². The van der Waals surface area contributed by atoms with Crippen LogP contribution in [0.4, 0.5) is 0 Å². The van der Waals surface area contributed by atoms with Crippen molar-refractivity contribution in [3.63, 3.8) is 0 Å². The van der Waals surface area contributed by atoms with E-state index in [0.29, 0.717) is 5.56 Å². The van der Waals surface area contributed by atoms with Crippen LogP contribution in [0.5, 0.6) is 5.75 Å².